The average molecular weight is 310 g/mol. The number of para-hydroxylation sites is 2. The van der Waals surface area contributed by atoms with Gasteiger partial charge in [0.25, 0.3) is 0 Å². The van der Waals surface area contributed by atoms with E-state index in [0.717, 1.165) is 5.52 Å². The van der Waals surface area contributed by atoms with E-state index in [4.69, 9.17) is 20.8 Å². The number of carbonyl (C=O) groups is 1. The van der Waals surface area contributed by atoms with Crippen LogP contribution in [0.2, 0.25) is 0 Å². The molecule has 2 aromatic rings. The van der Waals surface area contributed by atoms with Crippen LogP contribution in [0.15, 0.2) is 30.5 Å². The van der Waals surface area contributed by atoms with Gasteiger partial charge in [-0.15, -0.1) is 0 Å². The van der Waals surface area contributed by atoms with Crippen molar-refractivity contribution in [3.05, 3.63) is 36.2 Å². The Hall–Kier alpha value is -3.34. The number of nitriles is 1. The van der Waals surface area contributed by atoms with Crippen molar-refractivity contribution in [1.29, 1.82) is 16.1 Å². The predicted molar refractivity (Wildman–Crippen MR) is 83.0 cm³/mol. The molecule has 116 valence electrons. The molecule has 1 aromatic heterocycles. The number of ether oxygens (including phenoxy) is 1. The zero-order chi connectivity index (χ0) is 16.7. The molecule has 1 amide bonds. The van der Waals surface area contributed by atoms with Crippen LogP contribution in [0.3, 0.4) is 0 Å². The first kappa shape index (κ1) is 16.0. The summed E-state index contributed by atoms with van der Waals surface area (Å²) in [5.41, 5.74) is 2.00. The molecule has 0 saturated carbocycles. The summed E-state index contributed by atoms with van der Waals surface area (Å²) in [5, 5.41) is 25.9. The number of benzene rings is 1. The molecule has 2 rings (SSSR count). The highest BCUT2D eigenvalue weighted by Gasteiger charge is 2.11. The molecular formula is C15H14N6O2. The van der Waals surface area contributed by atoms with E-state index in [0.29, 0.717) is 11.2 Å². The molecule has 0 aliphatic carbocycles. The number of fused-ring (bicyclic) bond motifs is 1. The van der Waals surface area contributed by atoms with Crippen LogP contribution >= 0.6 is 0 Å². The highest BCUT2D eigenvalue weighted by molar-refractivity contribution is 6.00. The van der Waals surface area contributed by atoms with E-state index in [1.54, 1.807) is 12.3 Å². The first-order chi connectivity index (χ1) is 11.1. The van der Waals surface area contributed by atoms with E-state index in [-0.39, 0.29) is 31.2 Å². The van der Waals surface area contributed by atoms with E-state index < -0.39 is 5.91 Å². The molecule has 0 fully saturated rings. The normalized spacial score (nSPS) is 9.87. The van der Waals surface area contributed by atoms with Crippen LogP contribution < -0.4 is 5.32 Å². The molecule has 0 atom stereocenters. The SMILES string of the molecule is N#CCNC(=O)CC(=N)OC(=N)Cc1cnc2ccccc2n1. The Labute approximate surface area is 132 Å². The number of carbonyl (C=O) groups excluding carboxylic acids is 1. The van der Waals surface area contributed by atoms with Gasteiger partial charge in [0, 0.05) is 6.20 Å². The van der Waals surface area contributed by atoms with E-state index in [1.807, 2.05) is 24.3 Å². The van der Waals surface area contributed by atoms with Crippen molar-refractivity contribution in [1.82, 2.24) is 15.3 Å². The van der Waals surface area contributed by atoms with E-state index in [9.17, 15) is 4.79 Å². The fourth-order valence-electron chi connectivity index (χ4n) is 1.81. The Kier molecular flexibility index (Phi) is 5.30. The maximum absolute atomic E-state index is 11.3. The van der Waals surface area contributed by atoms with Gasteiger partial charge in [0.05, 0.1) is 29.2 Å². The van der Waals surface area contributed by atoms with Crippen LogP contribution in [-0.4, -0.2) is 34.2 Å². The minimum atomic E-state index is -0.505. The molecule has 0 aliphatic heterocycles. The van der Waals surface area contributed by atoms with Crippen molar-refractivity contribution in [2.24, 2.45) is 0 Å². The lowest BCUT2D eigenvalue weighted by molar-refractivity contribution is -0.119. The Morgan fingerprint density at radius 1 is 1.26 bits per heavy atom. The van der Waals surface area contributed by atoms with Crippen LogP contribution in [0, 0.1) is 22.1 Å². The Balaban J connectivity index is 1.89. The quantitative estimate of drug-likeness (QED) is 0.432. The number of hydrogen-bond donors (Lipinski definition) is 3. The topological polar surface area (TPSA) is 136 Å². The average Bonchev–Trinajstić information content (AvgIpc) is 2.52. The summed E-state index contributed by atoms with van der Waals surface area (Å²) in [6.45, 7) is -0.129. The lowest BCUT2D eigenvalue weighted by Crippen LogP contribution is -2.27. The highest BCUT2D eigenvalue weighted by atomic mass is 16.5. The fraction of sp³-hybridized carbons (Fsp3) is 0.200. The molecule has 0 bridgehead atoms. The smallest absolute Gasteiger partial charge is 0.230 e. The molecule has 0 saturated heterocycles. The van der Waals surface area contributed by atoms with Crippen molar-refractivity contribution in [3.63, 3.8) is 0 Å². The standard InChI is InChI=1S/C15H14N6O2/c16-5-6-19-15(22)8-14(18)23-13(17)7-10-9-20-11-3-1-2-4-12(11)21-10/h1-4,9,17-18H,6-8H2,(H,19,22). The van der Waals surface area contributed by atoms with Crippen LogP contribution in [0.25, 0.3) is 11.0 Å². The first-order valence-corrected chi connectivity index (χ1v) is 6.75. The third kappa shape index (κ3) is 4.86. The second kappa shape index (κ2) is 7.61. The number of nitrogens with one attached hydrogen (secondary N) is 3. The third-order valence-corrected chi connectivity index (χ3v) is 2.77. The number of aromatic nitrogens is 2. The monoisotopic (exact) mass is 310 g/mol. The van der Waals surface area contributed by atoms with Crippen LogP contribution in [-0.2, 0) is 16.0 Å². The minimum absolute atomic E-state index is 0.0695. The Bertz CT molecular complexity index is 796. The lowest BCUT2D eigenvalue weighted by Gasteiger charge is -2.08. The number of rotatable bonds is 5. The Morgan fingerprint density at radius 3 is 2.74 bits per heavy atom. The van der Waals surface area contributed by atoms with Crippen molar-refractivity contribution in [2.45, 2.75) is 12.8 Å². The van der Waals surface area contributed by atoms with Crippen molar-refractivity contribution < 1.29 is 9.53 Å². The molecule has 0 aliphatic rings. The predicted octanol–water partition coefficient (Wildman–Crippen LogP) is 1.17. The summed E-state index contributed by atoms with van der Waals surface area (Å²) in [6, 6.07) is 9.12. The van der Waals surface area contributed by atoms with Gasteiger partial charge >= 0.3 is 0 Å². The molecule has 3 N–H and O–H groups in total. The van der Waals surface area contributed by atoms with Gasteiger partial charge < -0.3 is 10.1 Å². The van der Waals surface area contributed by atoms with Crippen molar-refractivity contribution in [3.8, 4) is 6.07 Å². The largest absolute Gasteiger partial charge is 0.429 e. The number of hydrogen-bond acceptors (Lipinski definition) is 7. The van der Waals surface area contributed by atoms with Gasteiger partial charge in [0.15, 0.2) is 11.8 Å². The number of nitrogens with zero attached hydrogens (tertiary/aromatic N) is 3. The van der Waals surface area contributed by atoms with Crippen LogP contribution in [0.1, 0.15) is 12.1 Å². The Morgan fingerprint density at radius 2 is 2.00 bits per heavy atom. The van der Waals surface area contributed by atoms with E-state index in [1.165, 1.54) is 0 Å². The first-order valence-electron chi connectivity index (χ1n) is 6.75. The summed E-state index contributed by atoms with van der Waals surface area (Å²) in [7, 11) is 0. The minimum Gasteiger partial charge on any atom is -0.429 e. The molecule has 23 heavy (non-hydrogen) atoms. The molecule has 0 spiro atoms. The summed E-state index contributed by atoms with van der Waals surface area (Å²) in [5.74, 6) is -1.07. The van der Waals surface area contributed by atoms with Crippen molar-refractivity contribution >= 4 is 28.7 Å². The molecule has 1 heterocycles. The molecule has 0 unspecified atom stereocenters. The summed E-state index contributed by atoms with van der Waals surface area (Å²) in [6.07, 6.45) is 1.29. The molecular weight excluding hydrogens is 296 g/mol. The van der Waals surface area contributed by atoms with Gasteiger partial charge in [-0.25, -0.2) is 4.98 Å². The summed E-state index contributed by atoms with van der Waals surface area (Å²) >= 11 is 0. The second-order valence-electron chi connectivity index (χ2n) is 4.59. The van der Waals surface area contributed by atoms with Gasteiger partial charge in [0.1, 0.15) is 13.0 Å². The number of amides is 1. The molecule has 1 aromatic carbocycles. The third-order valence-electron chi connectivity index (χ3n) is 2.77. The summed E-state index contributed by atoms with van der Waals surface area (Å²) < 4.78 is 4.97. The zero-order valence-corrected chi connectivity index (χ0v) is 12.2. The van der Waals surface area contributed by atoms with E-state index in [2.05, 4.69) is 15.3 Å². The van der Waals surface area contributed by atoms with Crippen LogP contribution in [0.5, 0.6) is 0 Å². The maximum atomic E-state index is 11.3. The van der Waals surface area contributed by atoms with Gasteiger partial charge in [-0.2, -0.15) is 5.26 Å². The van der Waals surface area contributed by atoms with Gasteiger partial charge in [0.2, 0.25) is 5.91 Å². The van der Waals surface area contributed by atoms with E-state index >= 15 is 0 Å². The fourth-order valence-corrected chi connectivity index (χ4v) is 1.81. The second-order valence-corrected chi connectivity index (χ2v) is 4.59. The van der Waals surface area contributed by atoms with Gasteiger partial charge in [-0.05, 0) is 12.1 Å². The lowest BCUT2D eigenvalue weighted by atomic mass is 10.2. The molecule has 0 radical (unpaired) electrons. The molecule has 8 nitrogen and oxygen atoms in total. The van der Waals surface area contributed by atoms with Crippen molar-refractivity contribution in [2.75, 3.05) is 6.54 Å². The highest BCUT2D eigenvalue weighted by Crippen LogP contribution is 2.09. The zero-order valence-electron chi connectivity index (χ0n) is 12.2. The van der Waals surface area contributed by atoms with Gasteiger partial charge in [-0.1, -0.05) is 12.1 Å². The maximum Gasteiger partial charge on any atom is 0.230 e. The summed E-state index contributed by atoms with van der Waals surface area (Å²) in [4.78, 5) is 19.9. The van der Waals surface area contributed by atoms with Crippen LogP contribution in [0.4, 0.5) is 0 Å². The van der Waals surface area contributed by atoms with Gasteiger partial charge in [-0.3, -0.25) is 20.6 Å². The molecule has 8 heteroatoms.